The molecule has 0 bridgehead atoms. The third-order valence-corrected chi connectivity index (χ3v) is 4.78. The fourth-order valence-corrected chi connectivity index (χ4v) is 3.68. The van der Waals surface area contributed by atoms with Crippen LogP contribution in [0, 0.1) is 5.92 Å². The van der Waals surface area contributed by atoms with Crippen molar-refractivity contribution >= 4 is 17.7 Å². The van der Waals surface area contributed by atoms with E-state index in [1.807, 2.05) is 23.7 Å². The van der Waals surface area contributed by atoms with Gasteiger partial charge in [-0.3, -0.25) is 4.79 Å². The summed E-state index contributed by atoms with van der Waals surface area (Å²) in [4.78, 5) is 14.3. The quantitative estimate of drug-likeness (QED) is 0.793. The van der Waals surface area contributed by atoms with Crippen LogP contribution in [0.1, 0.15) is 25.7 Å². The minimum atomic E-state index is 0.230. The predicted octanol–water partition coefficient (Wildman–Crippen LogP) is 1.34. The van der Waals surface area contributed by atoms with Gasteiger partial charge >= 0.3 is 0 Å². The standard InChI is InChI=1S/C12H22N2OS/c1-14(11-4-7-16-8-5-11)12(15)10-3-2-6-13-9-10/h10-11,13H,2-9H2,1H3/t10-/m0/s1. The van der Waals surface area contributed by atoms with Crippen LogP contribution in [0.15, 0.2) is 0 Å². The highest BCUT2D eigenvalue weighted by Gasteiger charge is 2.28. The number of carbonyl (C=O) groups is 1. The van der Waals surface area contributed by atoms with Crippen molar-refractivity contribution < 1.29 is 4.79 Å². The van der Waals surface area contributed by atoms with E-state index in [0.717, 1.165) is 25.9 Å². The summed E-state index contributed by atoms with van der Waals surface area (Å²) in [5.74, 6) is 3.02. The number of piperidine rings is 1. The predicted molar refractivity (Wildman–Crippen MR) is 68.7 cm³/mol. The number of carbonyl (C=O) groups excluding carboxylic acids is 1. The third kappa shape index (κ3) is 2.92. The Morgan fingerprint density at radius 3 is 2.69 bits per heavy atom. The summed E-state index contributed by atoms with van der Waals surface area (Å²) in [6.45, 7) is 1.96. The van der Waals surface area contributed by atoms with Gasteiger partial charge < -0.3 is 10.2 Å². The molecule has 0 aliphatic carbocycles. The largest absolute Gasteiger partial charge is 0.342 e. The van der Waals surface area contributed by atoms with E-state index in [1.54, 1.807) is 0 Å². The van der Waals surface area contributed by atoms with Crippen molar-refractivity contribution in [3.05, 3.63) is 0 Å². The lowest BCUT2D eigenvalue weighted by Crippen LogP contribution is -2.46. The van der Waals surface area contributed by atoms with E-state index in [2.05, 4.69) is 5.32 Å². The zero-order chi connectivity index (χ0) is 11.4. The monoisotopic (exact) mass is 242 g/mol. The minimum absolute atomic E-state index is 0.230. The molecule has 1 atom stereocenters. The number of nitrogens with zero attached hydrogens (tertiary/aromatic N) is 1. The molecule has 2 rings (SSSR count). The second kappa shape index (κ2) is 5.92. The maximum Gasteiger partial charge on any atom is 0.226 e. The highest BCUT2D eigenvalue weighted by Crippen LogP contribution is 2.23. The molecule has 92 valence electrons. The Kier molecular flexibility index (Phi) is 4.53. The molecule has 0 aromatic heterocycles. The molecule has 2 saturated heterocycles. The molecule has 16 heavy (non-hydrogen) atoms. The van der Waals surface area contributed by atoms with Crippen LogP contribution in [-0.4, -0.2) is 48.5 Å². The zero-order valence-corrected chi connectivity index (χ0v) is 10.9. The maximum atomic E-state index is 12.3. The molecule has 0 unspecified atom stereocenters. The van der Waals surface area contributed by atoms with Crippen LogP contribution in [0.4, 0.5) is 0 Å². The average molecular weight is 242 g/mol. The minimum Gasteiger partial charge on any atom is -0.342 e. The molecule has 1 amide bonds. The first-order chi connectivity index (χ1) is 7.79. The molecule has 0 spiro atoms. The van der Waals surface area contributed by atoms with Gasteiger partial charge in [0.15, 0.2) is 0 Å². The second-order valence-corrected chi connectivity index (χ2v) is 6.06. The number of nitrogens with one attached hydrogen (secondary N) is 1. The van der Waals surface area contributed by atoms with Crippen molar-refractivity contribution in [1.82, 2.24) is 10.2 Å². The SMILES string of the molecule is CN(C(=O)[C@H]1CCCNC1)C1CCSCC1. The molecule has 0 aromatic carbocycles. The van der Waals surface area contributed by atoms with Gasteiger partial charge in [0.05, 0.1) is 5.92 Å². The second-order valence-electron chi connectivity index (χ2n) is 4.84. The fourth-order valence-electron chi connectivity index (χ4n) is 2.60. The molecule has 0 saturated carbocycles. The lowest BCUT2D eigenvalue weighted by molar-refractivity contribution is -0.137. The first-order valence-electron chi connectivity index (χ1n) is 6.34. The van der Waals surface area contributed by atoms with Gasteiger partial charge in [0.1, 0.15) is 0 Å². The van der Waals surface area contributed by atoms with Gasteiger partial charge in [-0.05, 0) is 43.7 Å². The van der Waals surface area contributed by atoms with Crippen LogP contribution in [0.2, 0.25) is 0 Å². The Balaban J connectivity index is 1.86. The van der Waals surface area contributed by atoms with Crippen LogP contribution in [0.3, 0.4) is 0 Å². The molecule has 2 fully saturated rings. The van der Waals surface area contributed by atoms with E-state index in [1.165, 1.54) is 24.3 Å². The molecular formula is C12H22N2OS. The molecule has 2 aliphatic rings. The van der Waals surface area contributed by atoms with E-state index in [0.29, 0.717) is 11.9 Å². The Morgan fingerprint density at radius 2 is 2.06 bits per heavy atom. The summed E-state index contributed by atoms with van der Waals surface area (Å²) in [7, 11) is 2.00. The van der Waals surface area contributed by atoms with Crippen molar-refractivity contribution in [3.8, 4) is 0 Å². The lowest BCUT2D eigenvalue weighted by Gasteiger charge is -2.34. The van der Waals surface area contributed by atoms with Gasteiger partial charge in [0.2, 0.25) is 5.91 Å². The molecule has 0 aromatic rings. The van der Waals surface area contributed by atoms with E-state index < -0.39 is 0 Å². The molecule has 3 nitrogen and oxygen atoms in total. The lowest BCUT2D eigenvalue weighted by atomic mass is 9.97. The zero-order valence-electron chi connectivity index (χ0n) is 10.1. The Bertz CT molecular complexity index is 235. The van der Waals surface area contributed by atoms with Gasteiger partial charge in [0.25, 0.3) is 0 Å². The Morgan fingerprint density at radius 1 is 1.31 bits per heavy atom. The van der Waals surface area contributed by atoms with Gasteiger partial charge in [-0.25, -0.2) is 0 Å². The smallest absolute Gasteiger partial charge is 0.226 e. The van der Waals surface area contributed by atoms with Gasteiger partial charge in [-0.2, -0.15) is 11.8 Å². The van der Waals surface area contributed by atoms with Crippen molar-refractivity contribution in [2.45, 2.75) is 31.7 Å². The van der Waals surface area contributed by atoms with Crippen molar-refractivity contribution in [3.63, 3.8) is 0 Å². The van der Waals surface area contributed by atoms with E-state index in [-0.39, 0.29) is 5.92 Å². The third-order valence-electron chi connectivity index (χ3n) is 3.73. The van der Waals surface area contributed by atoms with Gasteiger partial charge in [-0.1, -0.05) is 0 Å². The first-order valence-corrected chi connectivity index (χ1v) is 7.49. The van der Waals surface area contributed by atoms with Gasteiger partial charge in [0, 0.05) is 19.6 Å². The van der Waals surface area contributed by atoms with Crippen LogP contribution in [0.5, 0.6) is 0 Å². The molecule has 4 heteroatoms. The summed E-state index contributed by atoms with van der Waals surface area (Å²) in [5.41, 5.74) is 0. The number of thioether (sulfide) groups is 1. The number of rotatable bonds is 2. The summed E-state index contributed by atoms with van der Waals surface area (Å²) < 4.78 is 0. The van der Waals surface area contributed by atoms with Crippen molar-refractivity contribution in [2.75, 3.05) is 31.6 Å². The number of amides is 1. The van der Waals surface area contributed by atoms with Crippen LogP contribution in [-0.2, 0) is 4.79 Å². The van der Waals surface area contributed by atoms with E-state index >= 15 is 0 Å². The molecule has 0 radical (unpaired) electrons. The summed E-state index contributed by atoms with van der Waals surface area (Å²) in [5, 5.41) is 3.32. The highest BCUT2D eigenvalue weighted by molar-refractivity contribution is 7.99. The first kappa shape index (κ1) is 12.2. The Labute approximate surface area is 102 Å². The van der Waals surface area contributed by atoms with E-state index in [4.69, 9.17) is 0 Å². The summed E-state index contributed by atoms with van der Waals surface area (Å²) in [6.07, 6.45) is 4.56. The van der Waals surface area contributed by atoms with E-state index in [9.17, 15) is 4.79 Å². The van der Waals surface area contributed by atoms with Gasteiger partial charge in [-0.15, -0.1) is 0 Å². The number of hydrogen-bond donors (Lipinski definition) is 1. The fraction of sp³-hybridized carbons (Fsp3) is 0.917. The number of hydrogen-bond acceptors (Lipinski definition) is 3. The molecular weight excluding hydrogens is 220 g/mol. The average Bonchev–Trinajstić information content (AvgIpc) is 2.39. The van der Waals surface area contributed by atoms with Crippen molar-refractivity contribution in [1.29, 1.82) is 0 Å². The molecule has 1 N–H and O–H groups in total. The highest BCUT2D eigenvalue weighted by atomic mass is 32.2. The van der Waals surface area contributed by atoms with Crippen molar-refractivity contribution in [2.24, 2.45) is 5.92 Å². The Hall–Kier alpha value is -0.220. The topological polar surface area (TPSA) is 32.3 Å². The maximum absolute atomic E-state index is 12.3. The summed E-state index contributed by atoms with van der Waals surface area (Å²) in [6, 6.07) is 0.496. The van der Waals surface area contributed by atoms with Crippen LogP contribution in [0.25, 0.3) is 0 Å². The van der Waals surface area contributed by atoms with Crippen LogP contribution < -0.4 is 5.32 Å². The normalized spacial score (nSPS) is 27.7. The summed E-state index contributed by atoms with van der Waals surface area (Å²) >= 11 is 2.01. The van der Waals surface area contributed by atoms with Crippen LogP contribution >= 0.6 is 11.8 Å². The molecule has 2 heterocycles. The molecule has 2 aliphatic heterocycles.